The van der Waals surface area contributed by atoms with Crippen molar-refractivity contribution in [2.45, 2.75) is 59.1 Å². The number of alkyl carbamates (subject to hydrolysis) is 1. The van der Waals surface area contributed by atoms with Gasteiger partial charge in [0.1, 0.15) is 25.7 Å². The minimum atomic E-state index is -1.27. The first-order valence-electron chi connectivity index (χ1n) is 11.3. The molecule has 0 aromatic heterocycles. The van der Waals surface area contributed by atoms with Crippen molar-refractivity contribution in [3.05, 3.63) is 35.9 Å². The summed E-state index contributed by atoms with van der Waals surface area (Å²) in [5.74, 6) is -3.79. The molecule has 11 heteroatoms. The first kappa shape index (κ1) is 29.4. The zero-order valence-corrected chi connectivity index (χ0v) is 20.4. The van der Waals surface area contributed by atoms with E-state index in [1.807, 2.05) is 51.1 Å². The van der Waals surface area contributed by atoms with E-state index in [0.29, 0.717) is 12.8 Å². The Morgan fingerprint density at radius 3 is 2.23 bits per heavy atom. The summed E-state index contributed by atoms with van der Waals surface area (Å²) in [7, 11) is 0. The lowest BCUT2D eigenvalue weighted by atomic mass is 9.91. The van der Waals surface area contributed by atoms with Gasteiger partial charge in [-0.15, -0.1) is 0 Å². The van der Waals surface area contributed by atoms with E-state index in [9.17, 15) is 29.1 Å². The van der Waals surface area contributed by atoms with Crippen LogP contribution < -0.4 is 10.6 Å². The molecule has 0 spiro atoms. The summed E-state index contributed by atoms with van der Waals surface area (Å²) < 4.78 is 5.09. The highest BCUT2D eigenvalue weighted by Crippen LogP contribution is 2.19. The second-order valence-corrected chi connectivity index (χ2v) is 9.32. The van der Waals surface area contributed by atoms with E-state index < -0.39 is 54.4 Å². The van der Waals surface area contributed by atoms with E-state index >= 15 is 0 Å². The van der Waals surface area contributed by atoms with E-state index in [-0.39, 0.29) is 26.0 Å². The number of ether oxygens (including phenoxy) is 1. The quantitative estimate of drug-likeness (QED) is 0.286. The van der Waals surface area contributed by atoms with Crippen molar-refractivity contribution in [1.82, 2.24) is 15.5 Å². The number of carboxylic acid groups (broad SMARTS) is 2. The molecule has 0 bridgehead atoms. The molecule has 1 atom stereocenters. The van der Waals surface area contributed by atoms with Crippen molar-refractivity contribution in [3.63, 3.8) is 0 Å². The van der Waals surface area contributed by atoms with Gasteiger partial charge in [0.15, 0.2) is 0 Å². The summed E-state index contributed by atoms with van der Waals surface area (Å²) in [5.41, 5.74) is 0.445. The van der Waals surface area contributed by atoms with Crippen LogP contribution in [0.15, 0.2) is 30.3 Å². The van der Waals surface area contributed by atoms with Gasteiger partial charge in [0, 0.05) is 13.0 Å². The van der Waals surface area contributed by atoms with Crippen LogP contribution in [0.3, 0.4) is 0 Å². The van der Waals surface area contributed by atoms with Crippen molar-refractivity contribution in [3.8, 4) is 0 Å². The fourth-order valence-corrected chi connectivity index (χ4v) is 3.07. The molecular formula is C24H35N3O8. The molecule has 35 heavy (non-hydrogen) atoms. The SMILES string of the molecule is CC(C)(C)CC(=O)N(CC(=O)O)CC(=O)N[C@H](CCCCNC(=O)OCc1ccccc1)C(=O)O. The maximum Gasteiger partial charge on any atom is 0.407 e. The van der Waals surface area contributed by atoms with Gasteiger partial charge in [0.25, 0.3) is 0 Å². The lowest BCUT2D eigenvalue weighted by Crippen LogP contribution is -2.48. The third-order valence-corrected chi connectivity index (χ3v) is 4.73. The predicted octanol–water partition coefficient (Wildman–Crippen LogP) is 2.00. The molecule has 194 valence electrons. The Bertz CT molecular complexity index is 867. The van der Waals surface area contributed by atoms with Gasteiger partial charge in [-0.2, -0.15) is 0 Å². The van der Waals surface area contributed by atoms with E-state index in [1.165, 1.54) is 0 Å². The van der Waals surface area contributed by atoms with Gasteiger partial charge in [0.2, 0.25) is 11.8 Å². The van der Waals surface area contributed by atoms with Crippen LogP contribution in [0.25, 0.3) is 0 Å². The molecule has 3 amide bonds. The molecule has 0 saturated heterocycles. The molecule has 1 aromatic rings. The number of hydrogen-bond donors (Lipinski definition) is 4. The number of unbranched alkanes of at least 4 members (excludes halogenated alkanes) is 1. The number of amides is 3. The van der Waals surface area contributed by atoms with Crippen LogP contribution in [0, 0.1) is 5.41 Å². The Hall–Kier alpha value is -3.63. The largest absolute Gasteiger partial charge is 0.480 e. The number of benzene rings is 1. The Morgan fingerprint density at radius 2 is 1.66 bits per heavy atom. The van der Waals surface area contributed by atoms with Gasteiger partial charge >= 0.3 is 18.0 Å². The van der Waals surface area contributed by atoms with Crippen molar-refractivity contribution in [1.29, 1.82) is 0 Å². The fourth-order valence-electron chi connectivity index (χ4n) is 3.07. The lowest BCUT2D eigenvalue weighted by Gasteiger charge is -2.25. The zero-order valence-electron chi connectivity index (χ0n) is 20.4. The van der Waals surface area contributed by atoms with E-state index in [4.69, 9.17) is 9.84 Å². The van der Waals surface area contributed by atoms with E-state index in [1.54, 1.807) is 0 Å². The van der Waals surface area contributed by atoms with Gasteiger partial charge in [-0.25, -0.2) is 9.59 Å². The summed E-state index contributed by atoms with van der Waals surface area (Å²) in [6, 6.07) is 7.97. The Balaban J connectivity index is 2.43. The highest BCUT2D eigenvalue weighted by atomic mass is 16.5. The van der Waals surface area contributed by atoms with Crippen LogP contribution in [-0.4, -0.2) is 70.6 Å². The molecular weight excluding hydrogens is 458 g/mol. The topological polar surface area (TPSA) is 162 Å². The van der Waals surface area contributed by atoms with Crippen molar-refractivity contribution >= 4 is 29.8 Å². The minimum Gasteiger partial charge on any atom is -0.480 e. The Morgan fingerprint density at radius 1 is 1.00 bits per heavy atom. The third kappa shape index (κ3) is 13.6. The van der Waals surface area contributed by atoms with Crippen molar-refractivity contribution in [2.75, 3.05) is 19.6 Å². The number of nitrogens with zero attached hydrogens (tertiary/aromatic N) is 1. The molecule has 0 aliphatic carbocycles. The maximum atomic E-state index is 12.4. The first-order chi connectivity index (χ1) is 16.4. The van der Waals surface area contributed by atoms with Crippen LogP contribution in [0.1, 0.15) is 52.0 Å². The summed E-state index contributed by atoms with van der Waals surface area (Å²) in [4.78, 5) is 60.0. The van der Waals surface area contributed by atoms with Gasteiger partial charge in [-0.1, -0.05) is 51.1 Å². The monoisotopic (exact) mass is 493 g/mol. The number of aliphatic carboxylic acids is 2. The average molecular weight is 494 g/mol. The molecule has 0 unspecified atom stereocenters. The zero-order chi connectivity index (χ0) is 26.4. The van der Waals surface area contributed by atoms with Crippen LogP contribution in [0.2, 0.25) is 0 Å². The minimum absolute atomic E-state index is 0.0384. The predicted molar refractivity (Wildman–Crippen MR) is 126 cm³/mol. The van der Waals surface area contributed by atoms with Crippen LogP contribution in [0.5, 0.6) is 0 Å². The number of carbonyl (C=O) groups excluding carboxylic acids is 3. The van der Waals surface area contributed by atoms with E-state index in [0.717, 1.165) is 10.5 Å². The average Bonchev–Trinajstić information content (AvgIpc) is 2.75. The van der Waals surface area contributed by atoms with Gasteiger partial charge in [0.05, 0.1) is 0 Å². The second-order valence-electron chi connectivity index (χ2n) is 9.32. The molecule has 0 heterocycles. The molecule has 0 fully saturated rings. The number of hydrogen-bond acceptors (Lipinski definition) is 6. The lowest BCUT2D eigenvalue weighted by molar-refractivity contribution is -0.147. The molecule has 0 aliphatic heterocycles. The van der Waals surface area contributed by atoms with Crippen LogP contribution >= 0.6 is 0 Å². The molecule has 11 nitrogen and oxygen atoms in total. The highest BCUT2D eigenvalue weighted by molar-refractivity contribution is 5.89. The standard InChI is InChI=1S/C24H35N3O8/c1-24(2,3)13-20(29)27(15-21(30)31)14-19(28)26-18(22(32)33)11-7-8-12-25-23(34)35-16-17-9-5-4-6-10-17/h4-6,9-10,18H,7-8,11-16H2,1-3H3,(H,25,34)(H,26,28)(H,30,31)(H,32,33)/t18-/m1/s1. The molecule has 1 rings (SSSR count). The molecule has 4 N–H and O–H groups in total. The fraction of sp³-hybridized carbons (Fsp3) is 0.542. The Kier molecular flexibility index (Phi) is 12.3. The number of carbonyl (C=O) groups is 5. The number of nitrogens with one attached hydrogen (secondary N) is 2. The van der Waals surface area contributed by atoms with Crippen LogP contribution in [-0.2, 0) is 30.5 Å². The molecule has 0 saturated carbocycles. The maximum absolute atomic E-state index is 12.4. The van der Waals surface area contributed by atoms with Gasteiger partial charge in [-0.05, 0) is 30.2 Å². The first-order valence-corrected chi connectivity index (χ1v) is 11.3. The third-order valence-electron chi connectivity index (χ3n) is 4.73. The highest BCUT2D eigenvalue weighted by Gasteiger charge is 2.26. The van der Waals surface area contributed by atoms with Crippen molar-refractivity contribution < 1.29 is 38.9 Å². The molecule has 0 aliphatic rings. The summed E-state index contributed by atoms with van der Waals surface area (Å²) in [6.45, 7) is 4.61. The summed E-state index contributed by atoms with van der Waals surface area (Å²) >= 11 is 0. The number of rotatable bonds is 14. The Labute approximate surface area is 204 Å². The summed E-state index contributed by atoms with van der Waals surface area (Å²) in [6.07, 6.45) is 0.385. The second kappa shape index (κ2) is 14.6. The normalized spacial score (nSPS) is 11.7. The van der Waals surface area contributed by atoms with E-state index in [2.05, 4.69) is 10.6 Å². The molecule has 1 aromatic carbocycles. The number of carboxylic acids is 2. The van der Waals surface area contributed by atoms with Gasteiger partial charge in [-0.3, -0.25) is 14.4 Å². The summed E-state index contributed by atoms with van der Waals surface area (Å²) in [5, 5.41) is 23.4. The molecule has 0 radical (unpaired) electrons. The van der Waals surface area contributed by atoms with Crippen molar-refractivity contribution in [2.24, 2.45) is 5.41 Å². The van der Waals surface area contributed by atoms with Crippen LogP contribution in [0.4, 0.5) is 4.79 Å². The van der Waals surface area contributed by atoms with Gasteiger partial charge < -0.3 is 30.5 Å². The smallest absolute Gasteiger partial charge is 0.407 e.